The third kappa shape index (κ3) is 2.89. The van der Waals surface area contributed by atoms with E-state index in [0.717, 1.165) is 11.3 Å². The Balaban J connectivity index is 2.24. The van der Waals surface area contributed by atoms with Crippen LogP contribution in [0.2, 0.25) is 0 Å². The molecule has 0 heterocycles. The minimum atomic E-state index is 0.987. The molecule has 0 aliphatic carbocycles. The molecule has 17 heavy (non-hydrogen) atoms. The first kappa shape index (κ1) is 11.8. The van der Waals surface area contributed by atoms with Crippen LogP contribution in [0.4, 0.5) is 0 Å². The van der Waals surface area contributed by atoms with Gasteiger partial charge in [0.2, 0.25) is 0 Å². The first-order valence-electron chi connectivity index (χ1n) is 5.59. The van der Waals surface area contributed by atoms with Crippen LogP contribution in [0.15, 0.2) is 53.4 Å². The lowest BCUT2D eigenvalue weighted by Crippen LogP contribution is -1.81. The zero-order valence-corrected chi connectivity index (χ0v) is 10.5. The lowest BCUT2D eigenvalue weighted by Gasteiger charge is -2.03. The minimum Gasteiger partial charge on any atom is -0.185 e. The summed E-state index contributed by atoms with van der Waals surface area (Å²) in [5.41, 5.74) is 3.76. The maximum atomic E-state index is 8.58. The van der Waals surface area contributed by atoms with Gasteiger partial charge in [0.15, 0.2) is 0 Å². The fourth-order valence-electron chi connectivity index (χ4n) is 1.70. The molecule has 0 amide bonds. The van der Waals surface area contributed by atoms with Crippen LogP contribution in [-0.4, -0.2) is 0 Å². The lowest BCUT2D eigenvalue weighted by atomic mass is 10.0. The van der Waals surface area contributed by atoms with Crippen LogP contribution in [-0.2, 0) is 6.42 Å². The fourth-order valence-corrected chi connectivity index (χ4v) is 2.08. The number of hydrogen-bond acceptors (Lipinski definition) is 2. The van der Waals surface area contributed by atoms with Gasteiger partial charge in [0, 0.05) is 4.90 Å². The van der Waals surface area contributed by atoms with Crippen LogP contribution < -0.4 is 0 Å². The zero-order chi connectivity index (χ0) is 12.1. The summed E-state index contributed by atoms with van der Waals surface area (Å²) in [5, 5.41) is 10.7. The monoisotopic (exact) mass is 239 g/mol. The predicted molar refractivity (Wildman–Crippen MR) is 72.7 cm³/mol. The highest BCUT2D eigenvalue weighted by Gasteiger charge is 1.98. The molecule has 0 N–H and O–H groups in total. The molecule has 0 aliphatic heterocycles. The van der Waals surface area contributed by atoms with Crippen LogP contribution in [0, 0.1) is 10.7 Å². The highest BCUT2D eigenvalue weighted by molar-refractivity contribution is 8.03. The third-order valence-corrected chi connectivity index (χ3v) is 3.31. The van der Waals surface area contributed by atoms with Gasteiger partial charge >= 0.3 is 0 Å². The van der Waals surface area contributed by atoms with Crippen molar-refractivity contribution in [2.45, 2.75) is 18.2 Å². The number of hydrogen-bond donors (Lipinski definition) is 0. The van der Waals surface area contributed by atoms with Crippen molar-refractivity contribution in [3.8, 4) is 16.5 Å². The molecule has 2 aromatic rings. The van der Waals surface area contributed by atoms with Crippen molar-refractivity contribution < 1.29 is 0 Å². The average Bonchev–Trinajstić information content (AvgIpc) is 2.40. The Bertz CT molecular complexity index is 520. The number of rotatable bonds is 3. The van der Waals surface area contributed by atoms with Gasteiger partial charge in [-0.05, 0) is 47.0 Å². The van der Waals surface area contributed by atoms with Gasteiger partial charge in [-0.1, -0.05) is 43.3 Å². The first-order valence-corrected chi connectivity index (χ1v) is 6.40. The quantitative estimate of drug-likeness (QED) is 0.582. The standard InChI is InChI=1S/C15H13NS/c1-2-12-3-5-13(6-4-12)14-7-9-15(10-8-14)17-11-16/h3-10H,2H2,1H3. The highest BCUT2D eigenvalue weighted by Crippen LogP contribution is 2.24. The van der Waals surface area contributed by atoms with E-state index in [9.17, 15) is 0 Å². The summed E-state index contributed by atoms with van der Waals surface area (Å²) >= 11 is 1.19. The molecule has 1 nitrogen and oxygen atoms in total. The van der Waals surface area contributed by atoms with Gasteiger partial charge in [0.1, 0.15) is 5.40 Å². The second-order valence-electron chi connectivity index (χ2n) is 3.77. The van der Waals surface area contributed by atoms with Crippen LogP contribution in [0.5, 0.6) is 0 Å². The highest BCUT2D eigenvalue weighted by atomic mass is 32.2. The van der Waals surface area contributed by atoms with E-state index in [1.54, 1.807) is 0 Å². The molecule has 2 rings (SSSR count). The van der Waals surface area contributed by atoms with Gasteiger partial charge in [-0.25, -0.2) is 0 Å². The van der Waals surface area contributed by atoms with Gasteiger partial charge in [0.05, 0.1) is 0 Å². The van der Waals surface area contributed by atoms with Crippen molar-refractivity contribution in [2.24, 2.45) is 0 Å². The third-order valence-electron chi connectivity index (χ3n) is 2.71. The molecule has 0 saturated carbocycles. The summed E-state index contributed by atoms with van der Waals surface area (Å²) in [6, 6.07) is 16.7. The Hall–Kier alpha value is -1.72. The van der Waals surface area contributed by atoms with Crippen molar-refractivity contribution in [3.63, 3.8) is 0 Å². The van der Waals surface area contributed by atoms with Crippen molar-refractivity contribution in [1.29, 1.82) is 5.26 Å². The number of thiocyanates is 1. The summed E-state index contributed by atoms with van der Waals surface area (Å²) < 4.78 is 0. The van der Waals surface area contributed by atoms with E-state index < -0.39 is 0 Å². The van der Waals surface area contributed by atoms with E-state index >= 15 is 0 Å². The molecule has 0 spiro atoms. The van der Waals surface area contributed by atoms with Gasteiger partial charge in [-0.3, -0.25) is 0 Å². The van der Waals surface area contributed by atoms with Gasteiger partial charge in [0.25, 0.3) is 0 Å². The molecule has 2 aromatic carbocycles. The van der Waals surface area contributed by atoms with Crippen molar-refractivity contribution in [3.05, 3.63) is 54.1 Å². The second-order valence-corrected chi connectivity index (χ2v) is 4.63. The SMILES string of the molecule is CCc1ccc(-c2ccc(SC#N)cc2)cc1. The number of nitrogens with zero attached hydrogens (tertiary/aromatic N) is 1. The van der Waals surface area contributed by atoms with Gasteiger partial charge in [-0.2, -0.15) is 5.26 Å². The smallest absolute Gasteiger partial charge is 0.138 e. The number of benzene rings is 2. The summed E-state index contributed by atoms with van der Waals surface area (Å²) in [4.78, 5) is 0.987. The van der Waals surface area contributed by atoms with Gasteiger partial charge < -0.3 is 0 Å². The largest absolute Gasteiger partial charge is 0.185 e. The Morgan fingerprint density at radius 3 is 1.94 bits per heavy atom. The zero-order valence-electron chi connectivity index (χ0n) is 9.68. The number of thioether (sulfide) groups is 1. The molecule has 0 aromatic heterocycles. The first-order chi connectivity index (χ1) is 8.33. The molecule has 0 fully saturated rings. The molecule has 2 heteroatoms. The molecule has 0 radical (unpaired) electrons. The topological polar surface area (TPSA) is 23.8 Å². The predicted octanol–water partition coefficient (Wildman–Crippen LogP) is 4.49. The van der Waals surface area contributed by atoms with Crippen LogP contribution >= 0.6 is 11.8 Å². The van der Waals surface area contributed by atoms with Crippen molar-refractivity contribution in [2.75, 3.05) is 0 Å². The van der Waals surface area contributed by atoms with Gasteiger partial charge in [-0.15, -0.1) is 0 Å². The lowest BCUT2D eigenvalue weighted by molar-refractivity contribution is 1.14. The molecule has 0 saturated heterocycles. The van der Waals surface area contributed by atoms with Crippen LogP contribution in [0.3, 0.4) is 0 Å². The molecule has 0 atom stereocenters. The molecule has 84 valence electrons. The second kappa shape index (κ2) is 5.56. The Morgan fingerprint density at radius 1 is 0.941 bits per heavy atom. The van der Waals surface area contributed by atoms with E-state index in [0.29, 0.717) is 0 Å². The number of aryl methyl sites for hydroxylation is 1. The van der Waals surface area contributed by atoms with Crippen molar-refractivity contribution in [1.82, 2.24) is 0 Å². The molecular formula is C15H13NS. The molecule has 0 unspecified atom stereocenters. The van der Waals surface area contributed by atoms with E-state index in [1.807, 2.05) is 12.1 Å². The summed E-state index contributed by atoms with van der Waals surface area (Å²) in [6.45, 7) is 2.16. The molecule has 0 bridgehead atoms. The van der Waals surface area contributed by atoms with E-state index in [-0.39, 0.29) is 0 Å². The van der Waals surface area contributed by atoms with Crippen LogP contribution in [0.25, 0.3) is 11.1 Å². The van der Waals surface area contributed by atoms with E-state index in [4.69, 9.17) is 5.26 Å². The Labute approximate surface area is 106 Å². The fraction of sp³-hybridized carbons (Fsp3) is 0.133. The molecular weight excluding hydrogens is 226 g/mol. The minimum absolute atomic E-state index is 0.987. The van der Waals surface area contributed by atoms with E-state index in [1.165, 1.54) is 28.5 Å². The average molecular weight is 239 g/mol. The maximum Gasteiger partial charge on any atom is 0.138 e. The molecule has 0 aliphatic rings. The Morgan fingerprint density at radius 2 is 1.47 bits per heavy atom. The van der Waals surface area contributed by atoms with Crippen LogP contribution in [0.1, 0.15) is 12.5 Å². The normalized spacial score (nSPS) is 9.88. The maximum absolute atomic E-state index is 8.58. The summed E-state index contributed by atoms with van der Waals surface area (Å²) in [7, 11) is 0. The summed E-state index contributed by atoms with van der Waals surface area (Å²) in [5.74, 6) is 0. The van der Waals surface area contributed by atoms with E-state index in [2.05, 4.69) is 48.7 Å². The summed E-state index contributed by atoms with van der Waals surface area (Å²) in [6.07, 6.45) is 1.07. The number of nitriles is 1. The van der Waals surface area contributed by atoms with Crippen molar-refractivity contribution >= 4 is 11.8 Å². The Kier molecular flexibility index (Phi) is 3.85.